The molecule has 0 aliphatic rings. The summed E-state index contributed by atoms with van der Waals surface area (Å²) in [4.78, 5) is 24.4. The molecule has 0 aliphatic carbocycles. The summed E-state index contributed by atoms with van der Waals surface area (Å²) in [5, 5.41) is 7.07. The summed E-state index contributed by atoms with van der Waals surface area (Å²) in [6.45, 7) is 6.12. The maximum absolute atomic E-state index is 12.4. The molecule has 2 heterocycles. The van der Waals surface area contributed by atoms with E-state index in [1.165, 1.54) is 0 Å². The molecule has 0 bridgehead atoms. The van der Waals surface area contributed by atoms with Crippen molar-refractivity contribution < 1.29 is 9.53 Å². The van der Waals surface area contributed by atoms with Crippen LogP contribution in [0.1, 0.15) is 29.9 Å². The molecular formula is C24H25N5O2. The van der Waals surface area contributed by atoms with Crippen LogP contribution in [-0.4, -0.2) is 34.0 Å². The van der Waals surface area contributed by atoms with Crippen LogP contribution < -0.4 is 15.4 Å². The van der Waals surface area contributed by atoms with Gasteiger partial charge in [-0.2, -0.15) is 0 Å². The zero-order valence-corrected chi connectivity index (χ0v) is 18.0. The second-order valence-corrected chi connectivity index (χ2v) is 7.67. The standard InChI is InChI=1S/C24H25N5O2/c1-14(2)27-24-26-13-16-10-19(22(31-4)12-21(16)29-24)18-11-17(8-7-15(18)3)28-23(30)20-6-5-9-25-20/h5-14,25H,1-4H3,(H,28,30)(H,26,27,29). The van der Waals surface area contributed by atoms with Gasteiger partial charge in [0.25, 0.3) is 5.91 Å². The summed E-state index contributed by atoms with van der Waals surface area (Å²) in [7, 11) is 1.64. The predicted molar refractivity (Wildman–Crippen MR) is 124 cm³/mol. The minimum absolute atomic E-state index is 0.191. The van der Waals surface area contributed by atoms with Gasteiger partial charge in [-0.15, -0.1) is 0 Å². The van der Waals surface area contributed by atoms with E-state index < -0.39 is 0 Å². The van der Waals surface area contributed by atoms with Gasteiger partial charge in [0.15, 0.2) is 0 Å². The van der Waals surface area contributed by atoms with E-state index >= 15 is 0 Å². The van der Waals surface area contributed by atoms with E-state index in [1.54, 1.807) is 25.4 Å². The number of nitrogens with zero attached hydrogens (tertiary/aromatic N) is 2. The molecule has 1 amide bonds. The van der Waals surface area contributed by atoms with Gasteiger partial charge < -0.3 is 20.4 Å². The molecule has 0 saturated heterocycles. The average molecular weight is 415 g/mol. The van der Waals surface area contributed by atoms with E-state index in [4.69, 9.17) is 4.74 Å². The van der Waals surface area contributed by atoms with Gasteiger partial charge in [0.2, 0.25) is 5.95 Å². The number of ether oxygens (including phenoxy) is 1. The lowest BCUT2D eigenvalue weighted by Crippen LogP contribution is -2.12. The van der Waals surface area contributed by atoms with Crippen LogP contribution in [0, 0.1) is 6.92 Å². The Balaban J connectivity index is 1.73. The van der Waals surface area contributed by atoms with Gasteiger partial charge in [0.05, 0.1) is 12.6 Å². The first-order valence-corrected chi connectivity index (χ1v) is 10.1. The molecule has 4 aromatic rings. The number of hydrogen-bond acceptors (Lipinski definition) is 5. The number of aryl methyl sites for hydroxylation is 1. The first kappa shape index (κ1) is 20.4. The quantitative estimate of drug-likeness (QED) is 0.411. The monoisotopic (exact) mass is 415 g/mol. The summed E-state index contributed by atoms with van der Waals surface area (Å²) in [6.07, 6.45) is 3.53. The lowest BCUT2D eigenvalue weighted by molar-refractivity contribution is 0.102. The molecule has 2 aromatic heterocycles. The molecule has 0 saturated carbocycles. The van der Waals surface area contributed by atoms with Crippen LogP contribution in [0.3, 0.4) is 0 Å². The average Bonchev–Trinajstić information content (AvgIpc) is 3.29. The predicted octanol–water partition coefficient (Wildman–Crippen LogP) is 5.01. The van der Waals surface area contributed by atoms with E-state index in [-0.39, 0.29) is 11.9 Å². The fourth-order valence-electron chi connectivity index (χ4n) is 3.43. The van der Waals surface area contributed by atoms with E-state index in [0.29, 0.717) is 23.1 Å². The molecule has 0 atom stereocenters. The minimum atomic E-state index is -0.191. The Kier molecular flexibility index (Phi) is 5.58. The summed E-state index contributed by atoms with van der Waals surface area (Å²) in [5.74, 6) is 1.10. The topological polar surface area (TPSA) is 91.9 Å². The molecule has 158 valence electrons. The molecule has 0 spiro atoms. The smallest absolute Gasteiger partial charge is 0.272 e. The second-order valence-electron chi connectivity index (χ2n) is 7.67. The van der Waals surface area contributed by atoms with Crippen LogP contribution in [0.2, 0.25) is 0 Å². The first-order chi connectivity index (χ1) is 14.9. The lowest BCUT2D eigenvalue weighted by atomic mass is 9.97. The summed E-state index contributed by atoms with van der Waals surface area (Å²) < 4.78 is 5.69. The van der Waals surface area contributed by atoms with Crippen molar-refractivity contribution in [2.75, 3.05) is 17.7 Å². The van der Waals surface area contributed by atoms with E-state index in [2.05, 4.69) is 25.6 Å². The van der Waals surface area contributed by atoms with Crippen LogP contribution in [0.5, 0.6) is 5.75 Å². The highest BCUT2D eigenvalue weighted by Crippen LogP contribution is 2.36. The number of nitrogens with one attached hydrogen (secondary N) is 3. The number of H-pyrrole nitrogens is 1. The van der Waals surface area contributed by atoms with Crippen molar-refractivity contribution >= 4 is 28.4 Å². The molecule has 4 rings (SSSR count). The Morgan fingerprint density at radius 3 is 2.68 bits per heavy atom. The Morgan fingerprint density at radius 2 is 1.97 bits per heavy atom. The summed E-state index contributed by atoms with van der Waals surface area (Å²) >= 11 is 0. The molecule has 0 unspecified atom stereocenters. The summed E-state index contributed by atoms with van der Waals surface area (Å²) in [5.41, 5.74) is 4.95. The second kappa shape index (κ2) is 8.47. The zero-order chi connectivity index (χ0) is 22.0. The highest BCUT2D eigenvalue weighted by Gasteiger charge is 2.14. The van der Waals surface area contributed by atoms with Gasteiger partial charge in [-0.1, -0.05) is 6.07 Å². The largest absolute Gasteiger partial charge is 0.496 e. The molecule has 31 heavy (non-hydrogen) atoms. The van der Waals surface area contributed by atoms with Crippen LogP contribution in [0.4, 0.5) is 11.6 Å². The molecule has 0 aliphatic heterocycles. The van der Waals surface area contributed by atoms with Gasteiger partial charge in [-0.05, 0) is 62.2 Å². The van der Waals surface area contributed by atoms with Crippen LogP contribution in [-0.2, 0) is 0 Å². The van der Waals surface area contributed by atoms with Crippen molar-refractivity contribution in [3.05, 3.63) is 66.1 Å². The lowest BCUT2D eigenvalue weighted by Gasteiger charge is -2.15. The fraction of sp³-hybridized carbons (Fsp3) is 0.208. The molecule has 7 heteroatoms. The first-order valence-electron chi connectivity index (χ1n) is 10.1. The molecular weight excluding hydrogens is 390 g/mol. The normalized spacial score (nSPS) is 11.0. The number of aromatic amines is 1. The van der Waals surface area contributed by atoms with E-state index in [9.17, 15) is 4.79 Å². The van der Waals surface area contributed by atoms with Crippen molar-refractivity contribution in [3.8, 4) is 16.9 Å². The van der Waals surface area contributed by atoms with Gasteiger partial charge in [0.1, 0.15) is 11.4 Å². The van der Waals surface area contributed by atoms with E-state index in [0.717, 1.165) is 27.6 Å². The van der Waals surface area contributed by atoms with Gasteiger partial charge in [0, 0.05) is 41.1 Å². The van der Waals surface area contributed by atoms with Crippen molar-refractivity contribution in [2.24, 2.45) is 0 Å². The molecule has 2 aromatic carbocycles. The number of anilines is 2. The Hall–Kier alpha value is -3.87. The Morgan fingerprint density at radius 1 is 1.13 bits per heavy atom. The van der Waals surface area contributed by atoms with Crippen LogP contribution >= 0.6 is 0 Å². The maximum atomic E-state index is 12.4. The number of benzene rings is 2. The number of amides is 1. The van der Waals surface area contributed by atoms with Crippen LogP contribution in [0.25, 0.3) is 22.0 Å². The zero-order valence-electron chi connectivity index (χ0n) is 18.0. The number of rotatable bonds is 6. The Bertz CT molecular complexity index is 1230. The molecule has 0 fully saturated rings. The minimum Gasteiger partial charge on any atom is -0.496 e. The molecule has 7 nitrogen and oxygen atoms in total. The van der Waals surface area contributed by atoms with Gasteiger partial charge in [-0.3, -0.25) is 4.79 Å². The van der Waals surface area contributed by atoms with E-state index in [1.807, 2.05) is 57.3 Å². The fourth-order valence-corrected chi connectivity index (χ4v) is 3.43. The highest BCUT2D eigenvalue weighted by atomic mass is 16.5. The van der Waals surface area contributed by atoms with Crippen molar-refractivity contribution in [2.45, 2.75) is 26.8 Å². The maximum Gasteiger partial charge on any atom is 0.272 e. The van der Waals surface area contributed by atoms with Crippen LogP contribution in [0.15, 0.2) is 54.9 Å². The third kappa shape index (κ3) is 4.35. The van der Waals surface area contributed by atoms with Crippen molar-refractivity contribution in [1.82, 2.24) is 15.0 Å². The van der Waals surface area contributed by atoms with Crippen molar-refractivity contribution in [1.29, 1.82) is 0 Å². The summed E-state index contributed by atoms with van der Waals surface area (Å²) in [6, 6.07) is 13.5. The third-order valence-electron chi connectivity index (χ3n) is 4.95. The SMILES string of the molecule is COc1cc2nc(NC(C)C)ncc2cc1-c1cc(NC(=O)c2ccc[nH]2)ccc1C. The van der Waals surface area contributed by atoms with Gasteiger partial charge >= 0.3 is 0 Å². The van der Waals surface area contributed by atoms with Gasteiger partial charge in [-0.25, -0.2) is 9.97 Å². The molecule has 0 radical (unpaired) electrons. The number of hydrogen-bond donors (Lipinski definition) is 3. The number of carbonyl (C=O) groups is 1. The number of fused-ring (bicyclic) bond motifs is 1. The number of carbonyl (C=O) groups excluding carboxylic acids is 1. The third-order valence-corrected chi connectivity index (χ3v) is 4.95. The van der Waals surface area contributed by atoms with Crippen molar-refractivity contribution in [3.63, 3.8) is 0 Å². The highest BCUT2D eigenvalue weighted by molar-refractivity contribution is 6.03. The Labute approximate surface area is 180 Å². The molecule has 3 N–H and O–H groups in total. The number of methoxy groups -OCH3 is 1. The number of aromatic nitrogens is 3.